The molecule has 2 heteroatoms. The van der Waals surface area contributed by atoms with Crippen LogP contribution < -0.4 is 5.43 Å². The molecule has 0 bridgehead atoms. The second kappa shape index (κ2) is 4.85. The van der Waals surface area contributed by atoms with E-state index in [1.807, 2.05) is 73.7 Å². The third-order valence-electron chi connectivity index (χ3n) is 4.15. The highest BCUT2D eigenvalue weighted by atomic mass is 16.1. The van der Waals surface area contributed by atoms with Crippen LogP contribution >= 0.6 is 0 Å². The van der Waals surface area contributed by atoms with Crippen LogP contribution in [0.5, 0.6) is 0 Å². The Bertz CT molecular complexity index is 1050. The lowest BCUT2D eigenvalue weighted by molar-refractivity contribution is 1.41. The van der Waals surface area contributed by atoms with E-state index in [0.717, 1.165) is 38.5 Å². The van der Waals surface area contributed by atoms with Crippen LogP contribution in [0.25, 0.3) is 32.9 Å². The maximum atomic E-state index is 13.0. The molecule has 106 valence electrons. The number of hydrogen-bond acceptors (Lipinski definition) is 1. The highest BCUT2D eigenvalue weighted by molar-refractivity contribution is 6.01. The van der Waals surface area contributed by atoms with Gasteiger partial charge in [-0.25, -0.2) is 0 Å². The van der Waals surface area contributed by atoms with E-state index in [9.17, 15) is 4.79 Å². The minimum absolute atomic E-state index is 0.0897. The van der Waals surface area contributed by atoms with Crippen LogP contribution in [0.15, 0.2) is 71.5 Å². The van der Waals surface area contributed by atoms with Gasteiger partial charge in [0.15, 0.2) is 5.43 Å². The summed E-state index contributed by atoms with van der Waals surface area (Å²) in [5.41, 5.74) is 5.01. The SMILES string of the molecule is Cc1cccc2c(=O)c3c(-c4ccccc4)cccc3[nH]c12. The van der Waals surface area contributed by atoms with Crippen molar-refractivity contribution in [2.24, 2.45) is 0 Å². The zero-order valence-corrected chi connectivity index (χ0v) is 12.3. The van der Waals surface area contributed by atoms with Gasteiger partial charge in [0.05, 0.1) is 16.4 Å². The molecule has 0 aliphatic carbocycles. The Morgan fingerprint density at radius 1 is 0.818 bits per heavy atom. The van der Waals surface area contributed by atoms with Gasteiger partial charge in [0.1, 0.15) is 0 Å². The van der Waals surface area contributed by atoms with Gasteiger partial charge >= 0.3 is 0 Å². The number of aromatic amines is 1. The third kappa shape index (κ3) is 1.85. The van der Waals surface area contributed by atoms with Crippen molar-refractivity contribution in [1.82, 2.24) is 4.98 Å². The standard InChI is InChI=1S/C20H15NO/c1-13-7-5-11-16-19(13)21-17-12-6-10-15(18(17)20(16)22)14-8-3-2-4-9-14/h2-12H,1H3,(H,21,22). The average molecular weight is 285 g/mol. The van der Waals surface area contributed by atoms with Gasteiger partial charge in [-0.15, -0.1) is 0 Å². The first kappa shape index (κ1) is 12.8. The molecule has 1 heterocycles. The van der Waals surface area contributed by atoms with E-state index < -0.39 is 0 Å². The molecule has 4 aromatic rings. The van der Waals surface area contributed by atoms with Crippen molar-refractivity contribution in [3.63, 3.8) is 0 Å². The first-order valence-corrected chi connectivity index (χ1v) is 7.35. The summed E-state index contributed by atoms with van der Waals surface area (Å²) in [6.45, 7) is 2.02. The molecule has 4 rings (SSSR count). The van der Waals surface area contributed by atoms with Crippen LogP contribution in [0.4, 0.5) is 0 Å². The van der Waals surface area contributed by atoms with E-state index in [4.69, 9.17) is 0 Å². The van der Waals surface area contributed by atoms with Gasteiger partial charge in [-0.05, 0) is 35.7 Å². The molecule has 0 aliphatic heterocycles. The second-order valence-corrected chi connectivity index (χ2v) is 5.55. The van der Waals surface area contributed by atoms with E-state index >= 15 is 0 Å². The van der Waals surface area contributed by atoms with E-state index in [1.165, 1.54) is 0 Å². The summed E-state index contributed by atoms with van der Waals surface area (Å²) in [5.74, 6) is 0. The van der Waals surface area contributed by atoms with Gasteiger partial charge in [-0.3, -0.25) is 4.79 Å². The Labute approximate surface area is 128 Å². The fourth-order valence-corrected chi connectivity index (χ4v) is 3.05. The fourth-order valence-electron chi connectivity index (χ4n) is 3.05. The number of hydrogen-bond donors (Lipinski definition) is 1. The number of benzene rings is 3. The number of pyridine rings is 1. The molecule has 0 saturated heterocycles. The maximum absolute atomic E-state index is 13.0. The lowest BCUT2D eigenvalue weighted by Crippen LogP contribution is -2.06. The number of fused-ring (bicyclic) bond motifs is 2. The average Bonchev–Trinajstić information content (AvgIpc) is 2.56. The molecule has 0 fully saturated rings. The molecule has 0 amide bonds. The summed E-state index contributed by atoms with van der Waals surface area (Å²) in [5, 5.41) is 1.50. The summed E-state index contributed by atoms with van der Waals surface area (Å²) in [6.07, 6.45) is 0. The lowest BCUT2D eigenvalue weighted by atomic mass is 9.98. The van der Waals surface area contributed by atoms with E-state index in [-0.39, 0.29) is 5.43 Å². The van der Waals surface area contributed by atoms with Crippen LogP contribution in [0.2, 0.25) is 0 Å². The number of aromatic nitrogens is 1. The van der Waals surface area contributed by atoms with E-state index in [2.05, 4.69) is 4.98 Å². The van der Waals surface area contributed by atoms with Crippen molar-refractivity contribution in [2.75, 3.05) is 0 Å². The summed E-state index contributed by atoms with van der Waals surface area (Å²) < 4.78 is 0. The van der Waals surface area contributed by atoms with Gasteiger partial charge in [-0.2, -0.15) is 0 Å². The van der Waals surface area contributed by atoms with Crippen molar-refractivity contribution < 1.29 is 0 Å². The first-order chi connectivity index (χ1) is 10.8. The summed E-state index contributed by atoms with van der Waals surface area (Å²) in [6, 6.07) is 21.9. The minimum atomic E-state index is 0.0897. The lowest BCUT2D eigenvalue weighted by Gasteiger charge is -2.09. The van der Waals surface area contributed by atoms with Crippen LogP contribution in [-0.2, 0) is 0 Å². The fraction of sp³-hybridized carbons (Fsp3) is 0.0500. The third-order valence-corrected chi connectivity index (χ3v) is 4.15. The topological polar surface area (TPSA) is 32.9 Å². The van der Waals surface area contributed by atoms with Crippen LogP contribution in [0.1, 0.15) is 5.56 Å². The predicted octanol–water partition coefficient (Wildman–Crippen LogP) is 4.66. The van der Waals surface area contributed by atoms with Gasteiger partial charge in [0, 0.05) is 5.39 Å². The van der Waals surface area contributed by atoms with Crippen molar-refractivity contribution in [3.05, 3.63) is 82.5 Å². The molecule has 0 saturated carbocycles. The molecular weight excluding hydrogens is 270 g/mol. The molecule has 0 aliphatic rings. The Kier molecular flexibility index (Phi) is 2.83. The Morgan fingerprint density at radius 2 is 1.59 bits per heavy atom. The summed E-state index contributed by atoms with van der Waals surface area (Å²) in [4.78, 5) is 16.4. The Morgan fingerprint density at radius 3 is 2.41 bits per heavy atom. The van der Waals surface area contributed by atoms with Crippen molar-refractivity contribution in [2.45, 2.75) is 6.92 Å². The maximum Gasteiger partial charge on any atom is 0.197 e. The number of nitrogens with one attached hydrogen (secondary N) is 1. The highest BCUT2D eigenvalue weighted by Gasteiger charge is 2.11. The number of para-hydroxylation sites is 1. The molecule has 0 unspecified atom stereocenters. The van der Waals surface area contributed by atoms with Crippen molar-refractivity contribution >= 4 is 21.8 Å². The Hall–Kier alpha value is -2.87. The monoisotopic (exact) mass is 285 g/mol. The molecule has 0 spiro atoms. The van der Waals surface area contributed by atoms with Gasteiger partial charge in [0.25, 0.3) is 0 Å². The first-order valence-electron chi connectivity index (χ1n) is 7.35. The summed E-state index contributed by atoms with van der Waals surface area (Å²) in [7, 11) is 0. The molecule has 0 atom stereocenters. The molecule has 3 aromatic carbocycles. The van der Waals surface area contributed by atoms with Crippen molar-refractivity contribution in [1.29, 1.82) is 0 Å². The predicted molar refractivity (Wildman–Crippen MR) is 92.2 cm³/mol. The van der Waals surface area contributed by atoms with Gasteiger partial charge in [-0.1, -0.05) is 54.6 Å². The largest absolute Gasteiger partial charge is 0.354 e. The molecule has 1 aromatic heterocycles. The quantitative estimate of drug-likeness (QED) is 0.507. The second-order valence-electron chi connectivity index (χ2n) is 5.55. The molecule has 22 heavy (non-hydrogen) atoms. The smallest absolute Gasteiger partial charge is 0.197 e. The molecule has 2 nitrogen and oxygen atoms in total. The molecular formula is C20H15NO. The molecule has 0 radical (unpaired) electrons. The van der Waals surface area contributed by atoms with Crippen LogP contribution in [-0.4, -0.2) is 4.98 Å². The van der Waals surface area contributed by atoms with E-state index in [0.29, 0.717) is 0 Å². The van der Waals surface area contributed by atoms with Gasteiger partial charge < -0.3 is 4.98 Å². The number of H-pyrrole nitrogens is 1. The number of aryl methyl sites for hydroxylation is 1. The van der Waals surface area contributed by atoms with Crippen molar-refractivity contribution in [3.8, 4) is 11.1 Å². The molecule has 1 N–H and O–H groups in total. The highest BCUT2D eigenvalue weighted by Crippen LogP contribution is 2.27. The zero-order valence-electron chi connectivity index (χ0n) is 12.3. The Balaban J connectivity index is 2.20. The van der Waals surface area contributed by atoms with Crippen LogP contribution in [0.3, 0.4) is 0 Å². The van der Waals surface area contributed by atoms with E-state index in [1.54, 1.807) is 0 Å². The summed E-state index contributed by atoms with van der Waals surface area (Å²) >= 11 is 0. The zero-order chi connectivity index (χ0) is 15.1. The number of rotatable bonds is 1. The minimum Gasteiger partial charge on any atom is -0.354 e. The van der Waals surface area contributed by atoms with Crippen LogP contribution in [0, 0.1) is 6.92 Å². The normalized spacial score (nSPS) is 11.1. The van der Waals surface area contributed by atoms with Gasteiger partial charge in [0.2, 0.25) is 0 Å².